The third-order valence-corrected chi connectivity index (χ3v) is 19.8. The molecule has 0 spiro atoms. The lowest BCUT2D eigenvalue weighted by molar-refractivity contribution is -0.870. The topological polar surface area (TPSA) is 105 Å². The van der Waals surface area contributed by atoms with Crippen LogP contribution in [0.4, 0.5) is 0 Å². The predicted octanol–water partition coefficient (Wildman–Crippen LogP) is 25.5. The summed E-state index contributed by atoms with van der Waals surface area (Å²) in [7, 11) is 1.65. The van der Waals surface area contributed by atoms with E-state index in [2.05, 4.69) is 19.2 Å². The fraction of sp³-hybridized carbons (Fsp3) is 0.987. The maximum atomic E-state index is 13.1. The zero-order chi connectivity index (χ0) is 62.6. The molecule has 0 saturated heterocycles. The maximum absolute atomic E-state index is 13.1. The Hall–Kier alpha value is -0.500. The second-order valence-corrected chi connectivity index (χ2v) is 30.3. The molecule has 86 heavy (non-hydrogen) atoms. The van der Waals surface area contributed by atoms with Crippen molar-refractivity contribution in [1.29, 1.82) is 0 Å². The molecule has 3 N–H and O–H groups in total. The molecule has 3 unspecified atom stereocenters. The highest BCUT2D eigenvalue weighted by Gasteiger charge is 2.28. The van der Waals surface area contributed by atoms with Crippen LogP contribution in [-0.4, -0.2) is 73.4 Å². The highest BCUT2D eigenvalue weighted by atomic mass is 31.2. The van der Waals surface area contributed by atoms with Crippen molar-refractivity contribution in [3.8, 4) is 0 Å². The van der Waals surface area contributed by atoms with Crippen molar-refractivity contribution in [3.63, 3.8) is 0 Å². The first-order valence-electron chi connectivity index (χ1n) is 39.4. The molecule has 0 aromatic carbocycles. The van der Waals surface area contributed by atoms with Crippen LogP contribution in [0.15, 0.2) is 0 Å². The Balaban J connectivity index is 3.86. The lowest BCUT2D eigenvalue weighted by Crippen LogP contribution is -2.46. The maximum Gasteiger partial charge on any atom is 0.472 e. The molecule has 0 heterocycles. The minimum absolute atomic E-state index is 0.0796. The molecule has 8 nitrogen and oxygen atoms in total. The second-order valence-electron chi connectivity index (χ2n) is 28.8. The molecule has 0 aliphatic heterocycles. The molecule has 0 aliphatic rings. The molecule has 516 valence electrons. The Morgan fingerprint density at radius 1 is 0.349 bits per heavy atom. The van der Waals surface area contributed by atoms with Gasteiger partial charge in [-0.15, -0.1) is 0 Å². The summed E-state index contributed by atoms with van der Waals surface area (Å²) in [5, 5.41) is 14.2. The Kier molecular flexibility index (Phi) is 68.5. The highest BCUT2D eigenvalue weighted by Crippen LogP contribution is 2.43. The number of likely N-dealkylation sites (N-methyl/N-ethyl adjacent to an activating group) is 1. The Morgan fingerprint density at radius 2 is 0.558 bits per heavy atom. The molecular formula is C77H158N2O6P+. The monoisotopic (exact) mass is 1240 g/mol. The van der Waals surface area contributed by atoms with Gasteiger partial charge in [0, 0.05) is 6.42 Å². The Labute approximate surface area is 540 Å². The van der Waals surface area contributed by atoms with Crippen LogP contribution in [0.3, 0.4) is 0 Å². The molecule has 0 rings (SSSR count). The summed E-state index contributed by atoms with van der Waals surface area (Å²) in [6.45, 7) is 4.97. The number of nitrogens with one attached hydrogen (secondary N) is 1. The zero-order valence-corrected chi connectivity index (χ0v) is 60.3. The summed E-state index contributed by atoms with van der Waals surface area (Å²) in [6, 6.07) is -0.757. The molecule has 0 radical (unpaired) electrons. The van der Waals surface area contributed by atoms with E-state index in [9.17, 15) is 19.4 Å². The van der Waals surface area contributed by atoms with Gasteiger partial charge in [0.2, 0.25) is 5.91 Å². The van der Waals surface area contributed by atoms with E-state index < -0.39 is 20.0 Å². The number of aliphatic hydroxyl groups is 1. The van der Waals surface area contributed by atoms with E-state index >= 15 is 0 Å². The fourth-order valence-corrected chi connectivity index (χ4v) is 13.5. The van der Waals surface area contributed by atoms with Gasteiger partial charge in [-0.3, -0.25) is 13.8 Å². The number of quaternary nitrogens is 1. The van der Waals surface area contributed by atoms with Crippen molar-refractivity contribution in [2.45, 2.75) is 450 Å². The van der Waals surface area contributed by atoms with Gasteiger partial charge in [0.15, 0.2) is 0 Å². The van der Waals surface area contributed by atoms with Crippen molar-refractivity contribution < 1.29 is 32.9 Å². The number of carbonyl (C=O) groups is 1. The van der Waals surface area contributed by atoms with E-state index in [1.54, 1.807) is 0 Å². The van der Waals surface area contributed by atoms with Gasteiger partial charge in [-0.05, 0) is 12.8 Å². The summed E-state index contributed by atoms with van der Waals surface area (Å²) < 4.78 is 23.9. The summed E-state index contributed by atoms with van der Waals surface area (Å²) in [4.78, 5) is 23.5. The summed E-state index contributed by atoms with van der Waals surface area (Å²) in [5.74, 6) is -0.132. The lowest BCUT2D eigenvalue weighted by atomic mass is 10.0. The molecule has 0 aromatic heterocycles. The molecule has 0 saturated carbocycles. The van der Waals surface area contributed by atoms with Gasteiger partial charge >= 0.3 is 7.82 Å². The van der Waals surface area contributed by atoms with Crippen LogP contribution in [0, 0.1) is 0 Å². The Morgan fingerprint density at radius 3 is 0.779 bits per heavy atom. The van der Waals surface area contributed by atoms with Crippen LogP contribution in [0.25, 0.3) is 0 Å². The number of aliphatic hydroxyl groups excluding tert-OH is 1. The number of amides is 1. The van der Waals surface area contributed by atoms with Crippen molar-refractivity contribution in [1.82, 2.24) is 5.32 Å². The van der Waals surface area contributed by atoms with Crippen LogP contribution in [-0.2, 0) is 18.4 Å². The van der Waals surface area contributed by atoms with E-state index in [-0.39, 0.29) is 19.1 Å². The van der Waals surface area contributed by atoms with Gasteiger partial charge in [-0.1, -0.05) is 418 Å². The van der Waals surface area contributed by atoms with Crippen molar-refractivity contribution in [3.05, 3.63) is 0 Å². The predicted molar refractivity (Wildman–Crippen MR) is 379 cm³/mol. The molecule has 0 bridgehead atoms. The first-order valence-corrected chi connectivity index (χ1v) is 40.9. The Bertz CT molecular complexity index is 1360. The highest BCUT2D eigenvalue weighted by molar-refractivity contribution is 7.47. The van der Waals surface area contributed by atoms with Crippen LogP contribution >= 0.6 is 7.82 Å². The smallest absolute Gasteiger partial charge is 0.391 e. The molecule has 1 amide bonds. The minimum Gasteiger partial charge on any atom is -0.391 e. The number of nitrogens with zero attached hydrogens (tertiary/aromatic N) is 1. The van der Waals surface area contributed by atoms with Crippen LogP contribution in [0.5, 0.6) is 0 Å². The normalized spacial score (nSPS) is 13.4. The lowest BCUT2D eigenvalue weighted by Gasteiger charge is -2.26. The fourth-order valence-electron chi connectivity index (χ4n) is 12.8. The van der Waals surface area contributed by atoms with E-state index in [0.717, 1.165) is 38.5 Å². The quantitative estimate of drug-likeness (QED) is 0.0318. The number of hydrogen-bond donors (Lipinski definition) is 3. The van der Waals surface area contributed by atoms with Crippen molar-refractivity contribution >= 4 is 13.7 Å². The third-order valence-electron chi connectivity index (χ3n) is 18.9. The van der Waals surface area contributed by atoms with Gasteiger partial charge in [0.25, 0.3) is 0 Å². The molecule has 3 atom stereocenters. The molecule has 0 fully saturated rings. The molecule has 9 heteroatoms. The zero-order valence-electron chi connectivity index (χ0n) is 59.4. The first kappa shape index (κ1) is 85.5. The minimum atomic E-state index is -4.33. The molecule has 0 aromatic rings. The van der Waals surface area contributed by atoms with Crippen LogP contribution in [0.2, 0.25) is 0 Å². The number of phosphoric ester groups is 1. The summed E-state index contributed by atoms with van der Waals surface area (Å²) in [6.07, 6.45) is 88.3. The van der Waals surface area contributed by atoms with Gasteiger partial charge < -0.3 is 19.8 Å². The van der Waals surface area contributed by atoms with E-state index in [1.807, 2.05) is 21.1 Å². The second kappa shape index (κ2) is 68.9. The number of rotatable bonds is 75. The summed E-state index contributed by atoms with van der Waals surface area (Å²) in [5.41, 5.74) is 0. The average molecular weight is 1240 g/mol. The number of hydrogen-bond acceptors (Lipinski definition) is 5. The van der Waals surface area contributed by atoms with E-state index in [1.165, 1.54) is 372 Å². The number of carbonyl (C=O) groups excluding carboxylic acids is 1. The van der Waals surface area contributed by atoms with Gasteiger partial charge in [0.1, 0.15) is 13.2 Å². The van der Waals surface area contributed by atoms with E-state index in [4.69, 9.17) is 9.05 Å². The largest absolute Gasteiger partial charge is 0.472 e. The van der Waals surface area contributed by atoms with Crippen LogP contribution < -0.4 is 5.32 Å². The standard InChI is InChI=1S/C77H157N2O6P/c1-6-8-10-12-14-16-18-20-22-24-26-28-30-32-33-34-35-36-37-38-39-40-41-42-43-44-45-47-49-51-53-55-57-59-61-63-65-67-69-71-77(81)78-75(74-85-86(82,83)84-73-72-79(3,4)5)76(80)70-68-66-64-62-60-58-56-54-52-50-48-46-31-29-27-25-23-21-19-17-15-13-11-9-7-2/h75-76,80H,6-74H2,1-5H3,(H-,78,81,82,83)/p+1. The number of phosphoric acid groups is 1. The first-order chi connectivity index (χ1) is 42.0. The third kappa shape index (κ3) is 70.9. The van der Waals surface area contributed by atoms with Gasteiger partial charge in [-0.2, -0.15) is 0 Å². The van der Waals surface area contributed by atoms with Crippen molar-refractivity contribution in [2.24, 2.45) is 0 Å². The molecular weight excluding hydrogens is 1080 g/mol. The number of unbranched alkanes of at least 4 members (excludes halogenated alkanes) is 62. The molecule has 0 aliphatic carbocycles. The van der Waals surface area contributed by atoms with Crippen molar-refractivity contribution in [2.75, 3.05) is 40.9 Å². The van der Waals surface area contributed by atoms with E-state index in [0.29, 0.717) is 23.9 Å². The van der Waals surface area contributed by atoms with Gasteiger partial charge in [-0.25, -0.2) is 4.57 Å². The van der Waals surface area contributed by atoms with Crippen LogP contribution in [0.1, 0.15) is 438 Å². The summed E-state index contributed by atoms with van der Waals surface area (Å²) >= 11 is 0. The average Bonchev–Trinajstić information content (AvgIpc) is 3.70. The SMILES string of the molecule is CCCCCCCCCCCCCCCCCCCCCCCCCCCCCCCCCCCCCCCCCC(=O)NC(COP(=O)(O)OCC[N+](C)(C)C)C(O)CCCCCCCCCCCCCCCCCCCCCCCCCCC. The van der Waals surface area contributed by atoms with Gasteiger partial charge in [0.05, 0.1) is 39.9 Å².